The van der Waals surface area contributed by atoms with E-state index in [1.54, 1.807) is 6.07 Å². The summed E-state index contributed by atoms with van der Waals surface area (Å²) in [6.45, 7) is 3.94. The number of hydrogen-bond acceptors (Lipinski definition) is 3. The Kier molecular flexibility index (Phi) is 4.42. The van der Waals surface area contributed by atoms with Crippen molar-refractivity contribution in [1.29, 1.82) is 0 Å². The van der Waals surface area contributed by atoms with Crippen LogP contribution in [-0.2, 0) is 0 Å². The van der Waals surface area contributed by atoms with Crippen LogP contribution in [0.4, 0.5) is 0 Å². The first-order valence-corrected chi connectivity index (χ1v) is 7.66. The second kappa shape index (κ2) is 6.46. The Hall–Kier alpha value is -1.58. The van der Waals surface area contributed by atoms with Gasteiger partial charge < -0.3 is 10.1 Å². The van der Waals surface area contributed by atoms with Crippen molar-refractivity contribution < 1.29 is 4.74 Å². The lowest BCUT2D eigenvalue weighted by Crippen LogP contribution is -2.21. The molecule has 0 aliphatic carbocycles. The van der Waals surface area contributed by atoms with Gasteiger partial charge >= 0.3 is 0 Å². The minimum atomic E-state index is 0.00608. The summed E-state index contributed by atoms with van der Waals surface area (Å²) in [7, 11) is 0. The fraction of sp³-hybridized carbons (Fsp3) is 0.353. The SMILES string of the molecule is Cc1cc(Cl)cc(O[C@@H](c2ccccc2)[C@H]2CCNC2)n1. The van der Waals surface area contributed by atoms with Gasteiger partial charge in [-0.2, -0.15) is 0 Å². The van der Waals surface area contributed by atoms with E-state index in [2.05, 4.69) is 22.4 Å². The van der Waals surface area contributed by atoms with Gasteiger partial charge in [-0.05, 0) is 31.5 Å². The molecule has 0 radical (unpaired) electrons. The Morgan fingerprint density at radius 1 is 1.29 bits per heavy atom. The zero-order valence-electron chi connectivity index (χ0n) is 12.1. The number of nitrogens with zero attached hydrogens (tertiary/aromatic N) is 1. The summed E-state index contributed by atoms with van der Waals surface area (Å²) < 4.78 is 6.21. The lowest BCUT2D eigenvalue weighted by atomic mass is 9.95. The molecule has 3 nitrogen and oxygen atoms in total. The molecule has 0 unspecified atom stereocenters. The maximum Gasteiger partial charge on any atom is 0.215 e. The molecule has 21 heavy (non-hydrogen) atoms. The molecule has 0 saturated carbocycles. The highest BCUT2D eigenvalue weighted by Crippen LogP contribution is 2.32. The van der Waals surface area contributed by atoms with Crippen LogP contribution in [0.1, 0.15) is 23.8 Å². The fourth-order valence-electron chi connectivity index (χ4n) is 2.80. The van der Waals surface area contributed by atoms with Crippen LogP contribution >= 0.6 is 11.6 Å². The molecule has 0 spiro atoms. The van der Waals surface area contributed by atoms with E-state index >= 15 is 0 Å². The third-order valence-corrected chi connectivity index (χ3v) is 4.02. The number of nitrogens with one attached hydrogen (secondary N) is 1. The maximum absolute atomic E-state index is 6.21. The number of aryl methyl sites for hydroxylation is 1. The van der Waals surface area contributed by atoms with E-state index in [1.807, 2.05) is 31.2 Å². The smallest absolute Gasteiger partial charge is 0.215 e. The molecule has 1 aromatic carbocycles. The van der Waals surface area contributed by atoms with Gasteiger partial charge in [-0.25, -0.2) is 4.98 Å². The lowest BCUT2D eigenvalue weighted by Gasteiger charge is -2.24. The number of hydrogen-bond donors (Lipinski definition) is 1. The van der Waals surface area contributed by atoms with Gasteiger partial charge in [-0.1, -0.05) is 41.9 Å². The normalized spacial score (nSPS) is 19.4. The van der Waals surface area contributed by atoms with Crippen LogP contribution in [-0.4, -0.2) is 18.1 Å². The molecule has 2 heterocycles. The van der Waals surface area contributed by atoms with E-state index < -0.39 is 0 Å². The first-order chi connectivity index (χ1) is 10.2. The molecule has 1 aliphatic heterocycles. The Labute approximate surface area is 130 Å². The Balaban J connectivity index is 1.88. The van der Waals surface area contributed by atoms with Gasteiger partial charge in [0.25, 0.3) is 0 Å². The molecule has 2 aromatic rings. The van der Waals surface area contributed by atoms with Crippen LogP contribution in [0.15, 0.2) is 42.5 Å². The van der Waals surface area contributed by atoms with Gasteiger partial charge in [0.2, 0.25) is 5.88 Å². The molecule has 110 valence electrons. The van der Waals surface area contributed by atoms with E-state index in [4.69, 9.17) is 16.3 Å². The largest absolute Gasteiger partial charge is 0.469 e. The van der Waals surface area contributed by atoms with Gasteiger partial charge in [0.1, 0.15) is 6.10 Å². The minimum Gasteiger partial charge on any atom is -0.469 e. The molecule has 4 heteroatoms. The number of halogens is 1. The molecule has 1 saturated heterocycles. The molecular weight excluding hydrogens is 284 g/mol. The van der Waals surface area contributed by atoms with E-state index in [9.17, 15) is 0 Å². The lowest BCUT2D eigenvalue weighted by molar-refractivity contribution is 0.138. The number of ether oxygens (including phenoxy) is 1. The summed E-state index contributed by atoms with van der Waals surface area (Å²) in [5.41, 5.74) is 2.06. The summed E-state index contributed by atoms with van der Waals surface area (Å²) >= 11 is 6.11. The van der Waals surface area contributed by atoms with Crippen LogP contribution in [0, 0.1) is 12.8 Å². The highest BCUT2D eigenvalue weighted by molar-refractivity contribution is 6.30. The Bertz CT molecular complexity index is 577. The maximum atomic E-state index is 6.21. The van der Waals surface area contributed by atoms with Crippen molar-refractivity contribution in [3.63, 3.8) is 0 Å². The highest BCUT2D eigenvalue weighted by atomic mass is 35.5. The summed E-state index contributed by atoms with van der Waals surface area (Å²) in [5.74, 6) is 1.05. The van der Waals surface area contributed by atoms with Gasteiger partial charge in [-0.3, -0.25) is 0 Å². The topological polar surface area (TPSA) is 34.1 Å². The molecule has 0 amide bonds. The third-order valence-electron chi connectivity index (χ3n) is 3.80. The van der Waals surface area contributed by atoms with Crippen molar-refractivity contribution in [3.8, 4) is 5.88 Å². The molecule has 2 atom stereocenters. The summed E-state index contributed by atoms with van der Waals surface area (Å²) in [6, 6.07) is 14.0. The fourth-order valence-corrected chi connectivity index (χ4v) is 3.05. The number of rotatable bonds is 4. The second-order valence-corrected chi connectivity index (χ2v) is 5.90. The van der Waals surface area contributed by atoms with Gasteiger partial charge in [0.15, 0.2) is 0 Å². The number of pyridine rings is 1. The molecule has 3 rings (SSSR count). The van der Waals surface area contributed by atoms with Crippen LogP contribution < -0.4 is 10.1 Å². The third kappa shape index (κ3) is 3.55. The zero-order chi connectivity index (χ0) is 14.7. The van der Waals surface area contributed by atoms with E-state index in [0.29, 0.717) is 16.8 Å². The van der Waals surface area contributed by atoms with Crippen LogP contribution in [0.25, 0.3) is 0 Å². The van der Waals surface area contributed by atoms with Crippen molar-refractivity contribution in [3.05, 3.63) is 58.7 Å². The molecular formula is C17H19ClN2O. The highest BCUT2D eigenvalue weighted by Gasteiger charge is 2.28. The van der Waals surface area contributed by atoms with Crippen molar-refractivity contribution in [1.82, 2.24) is 10.3 Å². The summed E-state index contributed by atoms with van der Waals surface area (Å²) in [6.07, 6.45) is 1.12. The molecule has 1 aliphatic rings. The van der Waals surface area contributed by atoms with E-state index in [-0.39, 0.29) is 6.10 Å². The monoisotopic (exact) mass is 302 g/mol. The minimum absolute atomic E-state index is 0.00608. The molecule has 1 fully saturated rings. The quantitative estimate of drug-likeness (QED) is 0.933. The van der Waals surface area contributed by atoms with Crippen LogP contribution in [0.2, 0.25) is 5.02 Å². The first kappa shape index (κ1) is 14.4. The Morgan fingerprint density at radius 2 is 2.10 bits per heavy atom. The average molecular weight is 303 g/mol. The summed E-state index contributed by atoms with van der Waals surface area (Å²) in [5, 5.41) is 4.07. The number of aromatic nitrogens is 1. The number of benzene rings is 1. The van der Waals surface area contributed by atoms with Gasteiger partial charge in [0, 0.05) is 29.2 Å². The molecule has 1 N–H and O–H groups in total. The van der Waals surface area contributed by atoms with Crippen molar-refractivity contribution in [2.45, 2.75) is 19.4 Å². The van der Waals surface area contributed by atoms with Gasteiger partial charge in [-0.15, -0.1) is 0 Å². The van der Waals surface area contributed by atoms with Crippen LogP contribution in [0.5, 0.6) is 5.88 Å². The average Bonchev–Trinajstić information content (AvgIpc) is 2.98. The van der Waals surface area contributed by atoms with Crippen molar-refractivity contribution >= 4 is 11.6 Å². The second-order valence-electron chi connectivity index (χ2n) is 5.47. The van der Waals surface area contributed by atoms with E-state index in [1.165, 1.54) is 5.56 Å². The molecule has 0 bridgehead atoms. The predicted molar refractivity (Wildman–Crippen MR) is 84.8 cm³/mol. The van der Waals surface area contributed by atoms with Crippen molar-refractivity contribution in [2.75, 3.05) is 13.1 Å². The van der Waals surface area contributed by atoms with Crippen LogP contribution in [0.3, 0.4) is 0 Å². The predicted octanol–water partition coefficient (Wildman–Crippen LogP) is 3.77. The Morgan fingerprint density at radius 3 is 2.76 bits per heavy atom. The zero-order valence-corrected chi connectivity index (χ0v) is 12.8. The standard InChI is InChI=1S/C17H19ClN2O/c1-12-9-15(18)10-16(20-12)21-17(14-7-8-19-11-14)13-5-3-2-4-6-13/h2-6,9-10,14,17,19H,7-8,11H2,1H3/t14-,17-/m0/s1. The first-order valence-electron chi connectivity index (χ1n) is 7.29. The van der Waals surface area contributed by atoms with Gasteiger partial charge in [0.05, 0.1) is 0 Å². The van der Waals surface area contributed by atoms with Crippen molar-refractivity contribution in [2.24, 2.45) is 5.92 Å². The summed E-state index contributed by atoms with van der Waals surface area (Å²) in [4.78, 5) is 4.44. The van der Waals surface area contributed by atoms with E-state index in [0.717, 1.165) is 25.2 Å². The molecule has 1 aromatic heterocycles.